The van der Waals surface area contributed by atoms with E-state index in [9.17, 15) is 4.79 Å². The third kappa shape index (κ3) is 3.34. The molecule has 5 nitrogen and oxygen atoms in total. The summed E-state index contributed by atoms with van der Waals surface area (Å²) in [6.07, 6.45) is 1.75. The lowest BCUT2D eigenvalue weighted by atomic mass is 9.95. The second-order valence-electron chi connectivity index (χ2n) is 6.21. The first kappa shape index (κ1) is 16.4. The monoisotopic (exact) mass is 374 g/mol. The molecule has 0 unspecified atom stereocenters. The average molecular weight is 375 g/mol. The van der Waals surface area contributed by atoms with E-state index in [0.29, 0.717) is 24.6 Å². The van der Waals surface area contributed by atoms with E-state index < -0.39 is 0 Å². The molecule has 7 heteroatoms. The van der Waals surface area contributed by atoms with E-state index in [-0.39, 0.29) is 16.2 Å². The smallest absolute Gasteiger partial charge is 0.254 e. The molecule has 25 heavy (non-hydrogen) atoms. The molecule has 1 fully saturated rings. The highest BCUT2D eigenvalue weighted by molar-refractivity contribution is 6.33. The Labute approximate surface area is 155 Å². The van der Waals surface area contributed by atoms with Crippen LogP contribution in [0.2, 0.25) is 10.3 Å². The van der Waals surface area contributed by atoms with Gasteiger partial charge in [-0.2, -0.15) is 0 Å². The minimum Gasteiger partial charge on any atom is -0.342 e. The first-order chi connectivity index (χ1) is 12.1. The molecule has 1 amide bonds. The van der Waals surface area contributed by atoms with Crippen LogP contribution in [0.15, 0.2) is 36.4 Å². The molecule has 0 spiro atoms. The first-order valence-corrected chi connectivity index (χ1v) is 8.93. The van der Waals surface area contributed by atoms with Crippen LogP contribution >= 0.6 is 23.2 Å². The predicted octanol–water partition coefficient (Wildman–Crippen LogP) is 4.28. The molecule has 2 aromatic heterocycles. The summed E-state index contributed by atoms with van der Waals surface area (Å²) in [5.74, 6) is 1.28. The van der Waals surface area contributed by atoms with E-state index in [1.54, 1.807) is 12.1 Å². The molecule has 1 aliphatic heterocycles. The lowest BCUT2D eigenvalue weighted by Gasteiger charge is -2.31. The van der Waals surface area contributed by atoms with Crippen molar-refractivity contribution in [1.29, 1.82) is 0 Å². The highest BCUT2D eigenvalue weighted by Crippen LogP contribution is 2.28. The highest BCUT2D eigenvalue weighted by atomic mass is 35.5. The topological polar surface area (TPSA) is 61.9 Å². The second kappa shape index (κ2) is 6.65. The minimum absolute atomic E-state index is 0.0609. The molecule has 1 N–H and O–H groups in total. The van der Waals surface area contributed by atoms with Crippen LogP contribution in [0.4, 0.5) is 0 Å². The number of nitrogens with one attached hydrogen (secondary N) is 1. The zero-order valence-electron chi connectivity index (χ0n) is 13.4. The molecule has 4 rings (SSSR count). The van der Waals surface area contributed by atoms with Crippen LogP contribution in [0.25, 0.3) is 11.0 Å². The zero-order chi connectivity index (χ0) is 17.4. The number of imidazole rings is 1. The summed E-state index contributed by atoms with van der Waals surface area (Å²) < 4.78 is 0. The summed E-state index contributed by atoms with van der Waals surface area (Å²) in [7, 11) is 0. The summed E-state index contributed by atoms with van der Waals surface area (Å²) in [5.41, 5.74) is 2.52. The van der Waals surface area contributed by atoms with Gasteiger partial charge in [0, 0.05) is 24.6 Å². The average Bonchev–Trinajstić information content (AvgIpc) is 3.04. The molecule has 0 saturated carbocycles. The van der Waals surface area contributed by atoms with Crippen molar-refractivity contribution in [3.05, 3.63) is 58.1 Å². The lowest BCUT2D eigenvalue weighted by Crippen LogP contribution is -2.38. The number of hydrogen-bond acceptors (Lipinski definition) is 3. The van der Waals surface area contributed by atoms with E-state index in [2.05, 4.69) is 15.0 Å². The number of hydrogen-bond donors (Lipinski definition) is 1. The second-order valence-corrected chi connectivity index (χ2v) is 6.98. The van der Waals surface area contributed by atoms with Crippen molar-refractivity contribution in [3.63, 3.8) is 0 Å². The molecule has 0 bridgehead atoms. The van der Waals surface area contributed by atoms with Crippen molar-refractivity contribution in [2.24, 2.45) is 0 Å². The summed E-state index contributed by atoms with van der Waals surface area (Å²) in [4.78, 5) is 26.4. The number of likely N-dealkylation sites (tertiary alicyclic amines) is 1. The van der Waals surface area contributed by atoms with Crippen molar-refractivity contribution in [3.8, 4) is 0 Å². The van der Waals surface area contributed by atoms with Crippen LogP contribution in [-0.4, -0.2) is 38.8 Å². The fourth-order valence-electron chi connectivity index (χ4n) is 3.29. The normalized spacial score (nSPS) is 15.7. The van der Waals surface area contributed by atoms with Crippen LogP contribution in [0.3, 0.4) is 0 Å². The lowest BCUT2D eigenvalue weighted by molar-refractivity contribution is 0.0711. The maximum absolute atomic E-state index is 12.6. The van der Waals surface area contributed by atoms with Crippen LogP contribution in [-0.2, 0) is 0 Å². The largest absolute Gasteiger partial charge is 0.342 e. The van der Waals surface area contributed by atoms with Crippen molar-refractivity contribution in [2.75, 3.05) is 13.1 Å². The quantitative estimate of drug-likeness (QED) is 0.680. The summed E-state index contributed by atoms with van der Waals surface area (Å²) in [6, 6.07) is 11.1. The number of aromatic nitrogens is 3. The molecule has 1 aliphatic rings. The van der Waals surface area contributed by atoms with Crippen molar-refractivity contribution in [2.45, 2.75) is 18.8 Å². The van der Waals surface area contributed by atoms with Crippen molar-refractivity contribution in [1.82, 2.24) is 19.9 Å². The third-order valence-corrected chi connectivity index (χ3v) is 4.97. The number of rotatable bonds is 2. The Morgan fingerprint density at radius 2 is 1.76 bits per heavy atom. The van der Waals surface area contributed by atoms with Gasteiger partial charge in [-0.25, -0.2) is 9.97 Å². The Morgan fingerprint density at radius 1 is 1.08 bits per heavy atom. The summed E-state index contributed by atoms with van der Waals surface area (Å²) in [6.45, 7) is 1.36. The number of benzene rings is 1. The molecule has 0 atom stereocenters. The van der Waals surface area contributed by atoms with Crippen LogP contribution < -0.4 is 0 Å². The van der Waals surface area contributed by atoms with E-state index >= 15 is 0 Å². The molecular formula is C18H16Cl2N4O. The van der Waals surface area contributed by atoms with Gasteiger partial charge in [0.1, 0.15) is 16.1 Å². The Hall–Kier alpha value is -2.11. The number of aromatic amines is 1. The molecule has 1 aromatic carbocycles. The number of carbonyl (C=O) groups is 1. The van der Waals surface area contributed by atoms with Gasteiger partial charge in [0.2, 0.25) is 0 Å². The molecule has 3 heterocycles. The van der Waals surface area contributed by atoms with E-state index in [4.69, 9.17) is 23.2 Å². The Morgan fingerprint density at radius 3 is 2.44 bits per heavy atom. The van der Waals surface area contributed by atoms with Gasteiger partial charge in [-0.15, -0.1) is 0 Å². The molecule has 3 aromatic rings. The van der Waals surface area contributed by atoms with Gasteiger partial charge in [-0.1, -0.05) is 35.3 Å². The number of para-hydroxylation sites is 2. The highest BCUT2D eigenvalue weighted by Gasteiger charge is 2.26. The number of fused-ring (bicyclic) bond motifs is 1. The van der Waals surface area contributed by atoms with E-state index in [1.807, 2.05) is 29.2 Å². The summed E-state index contributed by atoms with van der Waals surface area (Å²) >= 11 is 11.8. The molecule has 0 radical (unpaired) electrons. The van der Waals surface area contributed by atoms with Gasteiger partial charge >= 0.3 is 0 Å². The maximum atomic E-state index is 12.6. The molecule has 128 valence electrons. The maximum Gasteiger partial charge on any atom is 0.254 e. The molecular weight excluding hydrogens is 359 g/mol. The van der Waals surface area contributed by atoms with Crippen molar-refractivity contribution < 1.29 is 4.79 Å². The number of amides is 1. The third-order valence-electron chi connectivity index (χ3n) is 4.59. The number of halogens is 2. The number of nitrogens with zero attached hydrogens (tertiary/aromatic N) is 3. The summed E-state index contributed by atoms with van der Waals surface area (Å²) in [5, 5.41) is 0.459. The Kier molecular flexibility index (Phi) is 4.36. The van der Waals surface area contributed by atoms with E-state index in [1.165, 1.54) is 0 Å². The van der Waals surface area contributed by atoms with Gasteiger partial charge in [-0.3, -0.25) is 4.79 Å². The number of pyridine rings is 1. The minimum atomic E-state index is -0.0609. The van der Waals surface area contributed by atoms with Gasteiger partial charge in [-0.05, 0) is 37.1 Å². The Bertz CT molecular complexity index is 878. The SMILES string of the molecule is O=C(c1cc(Cl)nc(Cl)c1)N1CCC(c2nc3ccccc3[nH]2)CC1. The fourth-order valence-corrected chi connectivity index (χ4v) is 3.75. The van der Waals surface area contributed by atoms with E-state index in [0.717, 1.165) is 29.7 Å². The predicted molar refractivity (Wildman–Crippen MR) is 98.2 cm³/mol. The first-order valence-electron chi connectivity index (χ1n) is 8.17. The molecule has 0 aliphatic carbocycles. The van der Waals surface area contributed by atoms with Gasteiger partial charge in [0.15, 0.2) is 0 Å². The van der Waals surface area contributed by atoms with Gasteiger partial charge in [0.05, 0.1) is 11.0 Å². The zero-order valence-corrected chi connectivity index (χ0v) is 14.9. The van der Waals surface area contributed by atoms with Gasteiger partial charge < -0.3 is 9.88 Å². The number of piperidine rings is 1. The molecule has 1 saturated heterocycles. The van der Waals surface area contributed by atoms with Gasteiger partial charge in [0.25, 0.3) is 5.91 Å². The number of H-pyrrole nitrogens is 1. The van der Waals surface area contributed by atoms with Crippen LogP contribution in [0.1, 0.15) is 34.9 Å². The Balaban J connectivity index is 1.46. The van der Waals surface area contributed by atoms with Crippen LogP contribution in [0, 0.1) is 0 Å². The number of carbonyl (C=O) groups excluding carboxylic acids is 1. The van der Waals surface area contributed by atoms with Crippen LogP contribution in [0.5, 0.6) is 0 Å². The standard InChI is InChI=1S/C18H16Cl2N4O/c19-15-9-12(10-16(20)23-15)18(25)24-7-5-11(6-8-24)17-21-13-3-1-2-4-14(13)22-17/h1-4,9-11H,5-8H2,(H,21,22). The van der Waals surface area contributed by atoms with Crippen molar-refractivity contribution >= 4 is 40.1 Å². The fraction of sp³-hybridized carbons (Fsp3) is 0.278.